The van der Waals surface area contributed by atoms with Gasteiger partial charge < -0.3 is 19.6 Å². The zero-order valence-electron chi connectivity index (χ0n) is 18.8. The van der Waals surface area contributed by atoms with Crippen molar-refractivity contribution in [1.82, 2.24) is 19.5 Å². The topological polar surface area (TPSA) is 132 Å². The highest BCUT2D eigenvalue weighted by Gasteiger charge is 2.53. The molecule has 2 aromatic heterocycles. The highest BCUT2D eigenvalue weighted by atomic mass is 32.2. The smallest absolute Gasteiger partial charge is 0.386 e. The number of rotatable bonds is 5. The number of phosphoric acid groups is 1. The molecular formula is C22H26N5O6PS. The number of aliphatic hydroxyl groups excluding tert-OH is 1. The molecule has 2 N–H and O–H groups in total. The van der Waals surface area contributed by atoms with Gasteiger partial charge in [0, 0.05) is 18.8 Å². The molecule has 13 heteroatoms. The third kappa shape index (κ3) is 4.48. The van der Waals surface area contributed by atoms with Gasteiger partial charge in [0.25, 0.3) is 0 Å². The molecular weight excluding hydrogens is 493 g/mol. The Hall–Kier alpha value is -2.05. The molecule has 5 heterocycles. The number of phosphoric ester groups is 1. The first-order chi connectivity index (χ1) is 17.0. The second-order valence-electron chi connectivity index (χ2n) is 8.85. The number of aromatic nitrogens is 4. The number of hydrogen-bond acceptors (Lipinski definition) is 10. The fourth-order valence-electron chi connectivity index (χ4n) is 4.82. The van der Waals surface area contributed by atoms with Gasteiger partial charge in [0.15, 0.2) is 28.4 Å². The van der Waals surface area contributed by atoms with Crippen LogP contribution >= 0.6 is 19.6 Å². The second-order valence-corrected chi connectivity index (χ2v) is 11.2. The minimum Gasteiger partial charge on any atom is -0.386 e. The van der Waals surface area contributed by atoms with Crippen molar-refractivity contribution in [2.45, 2.75) is 54.7 Å². The fraction of sp³-hybridized carbons (Fsp3) is 0.500. The second kappa shape index (κ2) is 9.44. The zero-order chi connectivity index (χ0) is 24.0. The van der Waals surface area contributed by atoms with E-state index in [9.17, 15) is 14.6 Å². The van der Waals surface area contributed by atoms with Crippen LogP contribution < -0.4 is 4.90 Å². The van der Waals surface area contributed by atoms with Gasteiger partial charge >= 0.3 is 7.82 Å². The maximum Gasteiger partial charge on any atom is 0.472 e. The van der Waals surface area contributed by atoms with Crippen molar-refractivity contribution in [2.24, 2.45) is 0 Å². The lowest BCUT2D eigenvalue weighted by atomic mass is 10.1. The predicted octanol–water partition coefficient (Wildman–Crippen LogP) is 2.88. The lowest BCUT2D eigenvalue weighted by Crippen LogP contribution is -2.39. The maximum absolute atomic E-state index is 12.0. The number of nitrogens with zero attached hydrogens (tertiary/aromatic N) is 5. The Balaban J connectivity index is 1.41. The van der Waals surface area contributed by atoms with E-state index in [1.807, 2.05) is 30.3 Å². The van der Waals surface area contributed by atoms with E-state index in [2.05, 4.69) is 14.9 Å². The normalized spacial score (nSPS) is 31.1. The molecule has 5 atom stereocenters. The van der Waals surface area contributed by atoms with E-state index in [-0.39, 0.29) is 6.61 Å². The van der Waals surface area contributed by atoms with Crippen molar-refractivity contribution in [3.05, 3.63) is 42.2 Å². The summed E-state index contributed by atoms with van der Waals surface area (Å²) in [5.74, 6) is 1.41. The fourth-order valence-corrected chi connectivity index (χ4v) is 6.75. The molecule has 0 amide bonds. The van der Waals surface area contributed by atoms with Crippen molar-refractivity contribution >= 4 is 36.6 Å². The number of anilines is 1. The molecule has 11 nitrogen and oxygen atoms in total. The quantitative estimate of drug-likeness (QED) is 0.381. The Morgan fingerprint density at radius 3 is 2.74 bits per heavy atom. The average Bonchev–Trinajstić information content (AvgIpc) is 3.40. The molecule has 3 aliphatic rings. The summed E-state index contributed by atoms with van der Waals surface area (Å²) in [6.07, 6.45) is 1.05. The Morgan fingerprint density at radius 2 is 1.94 bits per heavy atom. The molecule has 0 saturated carbocycles. The van der Waals surface area contributed by atoms with Gasteiger partial charge in [-0.3, -0.25) is 13.6 Å². The molecule has 0 bridgehead atoms. The molecule has 3 fully saturated rings. The van der Waals surface area contributed by atoms with E-state index < -0.39 is 32.4 Å². The molecule has 186 valence electrons. The SMILES string of the molecule is O=P1(O)OCC2OC(n3c(SCc4ccccc4)nc4c(N5CCCCC5)ncnc43)C(O)C2O1. The summed E-state index contributed by atoms with van der Waals surface area (Å²) in [7, 11) is -4.24. The average molecular weight is 520 g/mol. The molecule has 1 aromatic carbocycles. The minimum absolute atomic E-state index is 0.154. The molecule has 3 aromatic rings. The molecule has 0 radical (unpaired) electrons. The molecule has 6 rings (SSSR count). The van der Waals surface area contributed by atoms with Crippen LogP contribution in [0.2, 0.25) is 0 Å². The lowest BCUT2D eigenvalue weighted by Gasteiger charge is -2.28. The molecule has 0 aliphatic carbocycles. The molecule has 35 heavy (non-hydrogen) atoms. The van der Waals surface area contributed by atoms with Crippen molar-refractivity contribution in [3.63, 3.8) is 0 Å². The summed E-state index contributed by atoms with van der Waals surface area (Å²) in [6, 6.07) is 10.0. The lowest BCUT2D eigenvalue weighted by molar-refractivity contribution is -0.0684. The monoisotopic (exact) mass is 519 g/mol. The van der Waals surface area contributed by atoms with E-state index in [4.69, 9.17) is 18.8 Å². The summed E-state index contributed by atoms with van der Waals surface area (Å²) < 4.78 is 29.9. The van der Waals surface area contributed by atoms with Crippen molar-refractivity contribution in [3.8, 4) is 0 Å². The number of fused-ring (bicyclic) bond motifs is 2. The van der Waals surface area contributed by atoms with Crippen molar-refractivity contribution < 1.29 is 28.3 Å². The van der Waals surface area contributed by atoms with Crippen LogP contribution in [0.15, 0.2) is 41.8 Å². The van der Waals surface area contributed by atoms with Gasteiger partial charge in [0.2, 0.25) is 0 Å². The van der Waals surface area contributed by atoms with Crippen LogP contribution in [0.25, 0.3) is 11.2 Å². The third-order valence-electron chi connectivity index (χ3n) is 6.51. The highest BCUT2D eigenvalue weighted by Crippen LogP contribution is 2.53. The van der Waals surface area contributed by atoms with Crippen LogP contribution in [-0.2, 0) is 24.1 Å². The first kappa shape index (κ1) is 23.4. The Bertz CT molecular complexity index is 1260. The van der Waals surface area contributed by atoms with E-state index >= 15 is 0 Å². The van der Waals surface area contributed by atoms with E-state index in [1.165, 1.54) is 24.5 Å². The minimum atomic E-state index is -4.24. The molecule has 3 aliphatic heterocycles. The maximum atomic E-state index is 12.0. The van der Waals surface area contributed by atoms with Crippen molar-refractivity contribution in [2.75, 3.05) is 24.6 Å². The zero-order valence-corrected chi connectivity index (χ0v) is 20.6. The van der Waals surface area contributed by atoms with Gasteiger partial charge in [-0.1, -0.05) is 42.1 Å². The van der Waals surface area contributed by atoms with Crippen LogP contribution in [-0.4, -0.2) is 67.5 Å². The van der Waals surface area contributed by atoms with Gasteiger partial charge in [-0.05, 0) is 24.8 Å². The first-order valence-corrected chi connectivity index (χ1v) is 14.1. The number of benzene rings is 1. The number of hydrogen-bond donors (Lipinski definition) is 2. The van der Waals surface area contributed by atoms with Gasteiger partial charge in [-0.15, -0.1) is 0 Å². The largest absolute Gasteiger partial charge is 0.472 e. The number of ether oxygens (including phenoxy) is 1. The Kier molecular flexibility index (Phi) is 6.30. The van der Waals surface area contributed by atoms with Gasteiger partial charge in [-0.25, -0.2) is 19.5 Å². The predicted molar refractivity (Wildman–Crippen MR) is 128 cm³/mol. The van der Waals surface area contributed by atoms with E-state index in [0.717, 1.165) is 37.3 Å². The van der Waals surface area contributed by atoms with Crippen LogP contribution in [0.5, 0.6) is 0 Å². The first-order valence-electron chi connectivity index (χ1n) is 11.6. The summed E-state index contributed by atoms with van der Waals surface area (Å²) in [5, 5.41) is 11.7. The summed E-state index contributed by atoms with van der Waals surface area (Å²) >= 11 is 1.50. The van der Waals surface area contributed by atoms with Gasteiger partial charge in [0.1, 0.15) is 24.6 Å². The highest BCUT2D eigenvalue weighted by molar-refractivity contribution is 7.98. The number of aliphatic hydroxyl groups is 1. The Labute approximate surface area is 206 Å². The number of piperidine rings is 1. The van der Waals surface area contributed by atoms with E-state index in [1.54, 1.807) is 4.57 Å². The standard InChI is InChI=1S/C22H26N5O6PS/c28-17-18-15(11-31-34(29,30)33-18)32-21(17)27-20-16(19(23-13-24-20)26-9-5-2-6-10-26)25-22(27)35-12-14-7-3-1-4-8-14/h1,3-4,7-8,13,15,17-18,21,28H,2,5-6,9-12H2,(H,29,30). The van der Waals surface area contributed by atoms with Crippen LogP contribution in [0, 0.1) is 0 Å². The molecule has 3 saturated heterocycles. The van der Waals surface area contributed by atoms with Gasteiger partial charge in [0.05, 0.1) is 6.61 Å². The van der Waals surface area contributed by atoms with Crippen LogP contribution in [0.1, 0.15) is 31.1 Å². The summed E-state index contributed by atoms with van der Waals surface area (Å²) in [5.41, 5.74) is 2.30. The Morgan fingerprint density at radius 1 is 1.14 bits per heavy atom. The van der Waals surface area contributed by atoms with Crippen LogP contribution in [0.3, 0.4) is 0 Å². The van der Waals surface area contributed by atoms with E-state index in [0.29, 0.717) is 22.1 Å². The van der Waals surface area contributed by atoms with Gasteiger partial charge in [-0.2, -0.15) is 0 Å². The number of thioether (sulfide) groups is 1. The third-order valence-corrected chi connectivity index (χ3v) is 8.52. The molecule has 5 unspecified atom stereocenters. The number of imidazole rings is 1. The van der Waals surface area contributed by atoms with Crippen molar-refractivity contribution in [1.29, 1.82) is 0 Å². The van der Waals surface area contributed by atoms with Crippen LogP contribution in [0.4, 0.5) is 5.82 Å². The summed E-state index contributed by atoms with van der Waals surface area (Å²) in [4.78, 5) is 26.0. The molecule has 0 spiro atoms. The summed E-state index contributed by atoms with van der Waals surface area (Å²) in [6.45, 7) is 1.64.